The highest BCUT2D eigenvalue weighted by Crippen LogP contribution is 2.34. The summed E-state index contributed by atoms with van der Waals surface area (Å²) in [5.41, 5.74) is 0.829. The van der Waals surface area contributed by atoms with E-state index in [1.807, 2.05) is 36.4 Å². The van der Waals surface area contributed by atoms with Crippen LogP contribution < -0.4 is 0 Å². The highest BCUT2D eigenvalue weighted by molar-refractivity contribution is 5.86. The summed E-state index contributed by atoms with van der Waals surface area (Å²) in [6.45, 7) is 8.11. The first-order chi connectivity index (χ1) is 12.8. The molecule has 2 rings (SSSR count). The Balaban J connectivity index is 2.29. The van der Waals surface area contributed by atoms with Gasteiger partial charge in [-0.15, -0.1) is 0 Å². The largest absolute Gasteiger partial charge is 0.467 e. The number of amides is 1. The van der Waals surface area contributed by atoms with Crippen molar-refractivity contribution >= 4 is 12.1 Å². The van der Waals surface area contributed by atoms with Crippen molar-refractivity contribution in [2.45, 2.75) is 46.3 Å². The zero-order chi connectivity index (χ0) is 20.0. The normalized spacial score (nSPS) is 24.0. The van der Waals surface area contributed by atoms with Crippen molar-refractivity contribution < 1.29 is 19.1 Å². The molecule has 27 heavy (non-hydrogen) atoms. The number of nitrogens with zero attached hydrogens (tertiary/aromatic N) is 1. The summed E-state index contributed by atoms with van der Waals surface area (Å²) in [6.07, 6.45) is 5.55. The fourth-order valence-corrected chi connectivity index (χ4v) is 3.23. The van der Waals surface area contributed by atoms with E-state index in [9.17, 15) is 9.59 Å². The molecule has 0 fully saturated rings. The molecule has 0 spiro atoms. The van der Waals surface area contributed by atoms with Crippen molar-refractivity contribution in [3.8, 4) is 0 Å². The van der Waals surface area contributed by atoms with Gasteiger partial charge in [0.2, 0.25) is 0 Å². The Morgan fingerprint density at radius 2 is 1.96 bits per heavy atom. The summed E-state index contributed by atoms with van der Waals surface area (Å²) in [5.74, 6) is -0.00907. The topological polar surface area (TPSA) is 55.8 Å². The van der Waals surface area contributed by atoms with Gasteiger partial charge in [0.05, 0.1) is 7.11 Å². The number of benzene rings is 1. The first kappa shape index (κ1) is 20.7. The van der Waals surface area contributed by atoms with Gasteiger partial charge in [-0.25, -0.2) is 9.59 Å². The molecule has 0 saturated heterocycles. The molecule has 1 aliphatic heterocycles. The third kappa shape index (κ3) is 5.00. The van der Waals surface area contributed by atoms with Crippen LogP contribution in [0, 0.1) is 11.8 Å². The van der Waals surface area contributed by atoms with Gasteiger partial charge in [-0.2, -0.15) is 0 Å². The number of hydrogen-bond donors (Lipinski definition) is 0. The monoisotopic (exact) mass is 371 g/mol. The van der Waals surface area contributed by atoms with Crippen LogP contribution in [0.5, 0.6) is 0 Å². The van der Waals surface area contributed by atoms with Crippen molar-refractivity contribution in [1.29, 1.82) is 0 Å². The minimum Gasteiger partial charge on any atom is -0.467 e. The van der Waals surface area contributed by atoms with Gasteiger partial charge in [-0.05, 0) is 24.3 Å². The molecule has 2 unspecified atom stereocenters. The lowest BCUT2D eigenvalue weighted by Gasteiger charge is -2.35. The van der Waals surface area contributed by atoms with Gasteiger partial charge in [0.1, 0.15) is 12.1 Å². The van der Waals surface area contributed by atoms with Gasteiger partial charge in [-0.3, -0.25) is 4.90 Å². The number of esters is 1. The summed E-state index contributed by atoms with van der Waals surface area (Å²) in [4.78, 5) is 26.8. The molecule has 1 aliphatic rings. The first-order valence-electron chi connectivity index (χ1n) is 9.25. The Morgan fingerprint density at radius 1 is 1.30 bits per heavy atom. The molecule has 1 heterocycles. The highest BCUT2D eigenvalue weighted by Gasteiger charge is 2.45. The number of ether oxygens (including phenoxy) is 2. The van der Waals surface area contributed by atoms with Crippen molar-refractivity contribution in [1.82, 2.24) is 4.90 Å². The highest BCUT2D eigenvalue weighted by atomic mass is 16.6. The van der Waals surface area contributed by atoms with E-state index < -0.39 is 17.6 Å². The maximum atomic E-state index is 12.8. The molecule has 2 atom stereocenters. The van der Waals surface area contributed by atoms with Crippen molar-refractivity contribution in [3.63, 3.8) is 0 Å². The van der Waals surface area contributed by atoms with Gasteiger partial charge >= 0.3 is 12.1 Å². The van der Waals surface area contributed by atoms with E-state index in [0.717, 1.165) is 11.1 Å². The van der Waals surface area contributed by atoms with Crippen molar-refractivity contribution in [2.24, 2.45) is 11.8 Å². The predicted octanol–water partition coefficient (Wildman–Crippen LogP) is 4.69. The summed E-state index contributed by atoms with van der Waals surface area (Å²) < 4.78 is 10.5. The molecule has 0 radical (unpaired) electrons. The first-order valence-corrected chi connectivity index (χ1v) is 9.25. The Labute approximate surface area is 161 Å². The molecule has 1 amide bonds. The van der Waals surface area contributed by atoms with E-state index in [4.69, 9.17) is 9.47 Å². The summed E-state index contributed by atoms with van der Waals surface area (Å²) in [6, 6.07) is 9.45. The summed E-state index contributed by atoms with van der Waals surface area (Å²) in [5, 5.41) is 0. The lowest BCUT2D eigenvalue weighted by molar-refractivity contribution is -0.151. The van der Waals surface area contributed by atoms with Crippen LogP contribution in [0.2, 0.25) is 0 Å². The number of rotatable bonds is 4. The number of allylic oxidation sites excluding steroid dienone is 2. The number of methoxy groups -OCH3 is 1. The summed E-state index contributed by atoms with van der Waals surface area (Å²) in [7, 11) is 1.34. The van der Waals surface area contributed by atoms with Crippen LogP contribution in [-0.2, 0) is 20.9 Å². The van der Waals surface area contributed by atoms with Crippen LogP contribution in [0.25, 0.3) is 0 Å². The van der Waals surface area contributed by atoms with Crippen LogP contribution >= 0.6 is 0 Å². The van der Waals surface area contributed by atoms with Gasteiger partial charge in [0, 0.05) is 12.6 Å². The van der Waals surface area contributed by atoms with Gasteiger partial charge in [-0.1, -0.05) is 68.8 Å². The summed E-state index contributed by atoms with van der Waals surface area (Å²) >= 11 is 0. The predicted molar refractivity (Wildman–Crippen MR) is 105 cm³/mol. The van der Waals surface area contributed by atoms with Gasteiger partial charge in [0.15, 0.2) is 0 Å². The van der Waals surface area contributed by atoms with Crippen LogP contribution in [0.4, 0.5) is 4.79 Å². The third-order valence-corrected chi connectivity index (χ3v) is 4.76. The molecule has 1 aromatic carbocycles. The van der Waals surface area contributed by atoms with Crippen LogP contribution in [0.3, 0.4) is 0 Å². The second-order valence-corrected chi connectivity index (χ2v) is 7.47. The average molecular weight is 371 g/mol. The fraction of sp³-hybridized carbons (Fsp3) is 0.455. The minimum atomic E-state index is -1.16. The second-order valence-electron chi connectivity index (χ2n) is 7.47. The molecule has 5 heteroatoms. The van der Waals surface area contributed by atoms with E-state index in [0.29, 0.717) is 12.3 Å². The SMILES string of the molecule is COC(=O)C1(C)C/C(=C\C(C)C)C(C)C=CN1C(=O)OCc1ccccc1. The molecular weight excluding hydrogens is 342 g/mol. The van der Waals surface area contributed by atoms with Crippen LogP contribution in [-0.4, -0.2) is 29.6 Å². The Kier molecular flexibility index (Phi) is 6.83. The second kappa shape index (κ2) is 8.89. The molecule has 0 aliphatic carbocycles. The maximum Gasteiger partial charge on any atom is 0.415 e. The maximum absolute atomic E-state index is 12.8. The lowest BCUT2D eigenvalue weighted by atomic mass is 9.86. The van der Waals surface area contributed by atoms with Gasteiger partial charge in [0.25, 0.3) is 0 Å². The van der Waals surface area contributed by atoms with E-state index in [2.05, 4.69) is 26.8 Å². The van der Waals surface area contributed by atoms with Gasteiger partial charge < -0.3 is 9.47 Å². The van der Waals surface area contributed by atoms with E-state index in [1.165, 1.54) is 12.0 Å². The zero-order valence-corrected chi connectivity index (χ0v) is 16.8. The Morgan fingerprint density at radius 3 is 2.56 bits per heavy atom. The van der Waals surface area contributed by atoms with E-state index in [1.54, 1.807) is 13.1 Å². The molecule has 0 bridgehead atoms. The molecule has 0 saturated carbocycles. The zero-order valence-electron chi connectivity index (χ0n) is 16.8. The van der Waals surface area contributed by atoms with E-state index in [-0.39, 0.29) is 12.5 Å². The molecule has 0 N–H and O–H groups in total. The fourth-order valence-electron chi connectivity index (χ4n) is 3.23. The number of carbonyl (C=O) groups is 2. The third-order valence-electron chi connectivity index (χ3n) is 4.76. The molecular formula is C22H29NO4. The smallest absolute Gasteiger partial charge is 0.415 e. The van der Waals surface area contributed by atoms with Crippen molar-refractivity contribution in [2.75, 3.05) is 7.11 Å². The van der Waals surface area contributed by atoms with Crippen LogP contribution in [0.1, 0.15) is 39.7 Å². The van der Waals surface area contributed by atoms with Crippen LogP contribution in [0.15, 0.2) is 54.3 Å². The Bertz CT molecular complexity index is 723. The number of hydrogen-bond acceptors (Lipinski definition) is 4. The molecule has 0 aromatic heterocycles. The number of carbonyl (C=O) groups excluding carboxylic acids is 2. The minimum absolute atomic E-state index is 0.114. The lowest BCUT2D eigenvalue weighted by Crippen LogP contribution is -2.53. The standard InChI is InChI=1S/C22H29NO4/c1-16(2)13-19-14-22(4,20(24)26-5)23(12-11-17(19)3)21(25)27-15-18-9-7-6-8-10-18/h6-13,16-17H,14-15H2,1-5H3/b19-13+. The Hall–Kier alpha value is -2.56. The molecule has 1 aromatic rings. The average Bonchev–Trinajstić information content (AvgIpc) is 2.77. The van der Waals surface area contributed by atoms with E-state index >= 15 is 0 Å². The quantitative estimate of drug-likeness (QED) is 0.569. The molecule has 146 valence electrons. The van der Waals surface area contributed by atoms with Crippen molar-refractivity contribution in [3.05, 3.63) is 59.8 Å². The molecule has 5 nitrogen and oxygen atoms in total.